The van der Waals surface area contributed by atoms with E-state index in [1.54, 1.807) is 0 Å². The lowest BCUT2D eigenvalue weighted by Crippen LogP contribution is -2.44. The van der Waals surface area contributed by atoms with Crippen molar-refractivity contribution in [2.24, 2.45) is 0 Å². The van der Waals surface area contributed by atoms with E-state index in [0.717, 1.165) is 12.6 Å². The molecule has 0 radical (unpaired) electrons. The van der Waals surface area contributed by atoms with Gasteiger partial charge in [-0.2, -0.15) is 0 Å². The van der Waals surface area contributed by atoms with Crippen LogP contribution in [0, 0.1) is 0 Å². The zero-order valence-electron chi connectivity index (χ0n) is 9.03. The minimum absolute atomic E-state index is 0.763. The average molecular weight is 200 g/mol. The van der Waals surface area contributed by atoms with Gasteiger partial charge in [0.05, 0.1) is 0 Å². The van der Waals surface area contributed by atoms with Crippen molar-refractivity contribution in [3.63, 3.8) is 0 Å². The first-order valence-corrected chi connectivity index (χ1v) is 5.63. The van der Waals surface area contributed by atoms with Crippen molar-refractivity contribution in [2.75, 3.05) is 6.54 Å². The molecule has 15 heavy (non-hydrogen) atoms. The van der Waals surface area contributed by atoms with Crippen LogP contribution < -0.4 is 0 Å². The van der Waals surface area contributed by atoms with Gasteiger partial charge in [0, 0.05) is 36.2 Å². The highest BCUT2D eigenvalue weighted by atomic mass is 15.2. The van der Waals surface area contributed by atoms with E-state index in [9.17, 15) is 0 Å². The summed E-state index contributed by atoms with van der Waals surface area (Å²) in [6.07, 6.45) is 3.50. The van der Waals surface area contributed by atoms with Crippen LogP contribution in [0.3, 0.4) is 0 Å². The van der Waals surface area contributed by atoms with Gasteiger partial charge in [0.25, 0.3) is 0 Å². The van der Waals surface area contributed by atoms with Crippen LogP contribution in [0.2, 0.25) is 0 Å². The molecule has 1 aromatic heterocycles. The van der Waals surface area contributed by atoms with E-state index in [2.05, 4.69) is 47.3 Å². The summed E-state index contributed by atoms with van der Waals surface area (Å²) in [6, 6.07) is 9.29. The van der Waals surface area contributed by atoms with Crippen LogP contribution in [-0.2, 0) is 6.54 Å². The fraction of sp³-hybridized carbons (Fsp3) is 0.385. The molecule has 1 N–H and O–H groups in total. The van der Waals surface area contributed by atoms with Gasteiger partial charge < -0.3 is 4.98 Å². The Morgan fingerprint density at radius 1 is 1.40 bits per heavy atom. The number of para-hydroxylation sites is 1. The molecular weight excluding hydrogens is 184 g/mol. The summed E-state index contributed by atoms with van der Waals surface area (Å²) < 4.78 is 0. The largest absolute Gasteiger partial charge is 0.361 e. The van der Waals surface area contributed by atoms with E-state index in [4.69, 9.17) is 0 Å². The number of hydrogen-bond acceptors (Lipinski definition) is 1. The molecule has 0 amide bonds. The second-order valence-electron chi connectivity index (χ2n) is 4.47. The Hall–Kier alpha value is -1.28. The molecule has 1 fully saturated rings. The van der Waals surface area contributed by atoms with Crippen LogP contribution >= 0.6 is 0 Å². The molecule has 1 saturated heterocycles. The molecule has 1 unspecified atom stereocenters. The summed E-state index contributed by atoms with van der Waals surface area (Å²) in [7, 11) is 0. The van der Waals surface area contributed by atoms with Crippen molar-refractivity contribution in [2.45, 2.75) is 25.9 Å². The molecule has 3 rings (SSSR count). The maximum absolute atomic E-state index is 3.33. The van der Waals surface area contributed by atoms with Gasteiger partial charge >= 0.3 is 0 Å². The number of nitrogens with one attached hydrogen (secondary N) is 1. The lowest BCUT2D eigenvalue weighted by Gasteiger charge is -2.38. The van der Waals surface area contributed by atoms with Gasteiger partial charge in [0.15, 0.2) is 0 Å². The summed E-state index contributed by atoms with van der Waals surface area (Å²) in [5.74, 6) is 0. The second kappa shape index (κ2) is 3.38. The fourth-order valence-corrected chi connectivity index (χ4v) is 2.29. The maximum atomic E-state index is 3.33. The van der Waals surface area contributed by atoms with Crippen molar-refractivity contribution in [3.8, 4) is 0 Å². The van der Waals surface area contributed by atoms with Gasteiger partial charge in [0.2, 0.25) is 0 Å². The minimum atomic E-state index is 0.763. The summed E-state index contributed by atoms with van der Waals surface area (Å²) >= 11 is 0. The lowest BCUT2D eigenvalue weighted by molar-refractivity contribution is 0.0964. The Balaban J connectivity index is 1.91. The fourth-order valence-electron chi connectivity index (χ4n) is 2.29. The Labute approximate surface area is 89.9 Å². The van der Waals surface area contributed by atoms with Crippen LogP contribution in [0.25, 0.3) is 10.9 Å². The number of nitrogens with zero attached hydrogens (tertiary/aromatic N) is 1. The van der Waals surface area contributed by atoms with Crippen molar-refractivity contribution in [1.29, 1.82) is 0 Å². The van der Waals surface area contributed by atoms with Gasteiger partial charge in [-0.15, -0.1) is 0 Å². The molecule has 1 aromatic carbocycles. The molecule has 2 heteroatoms. The van der Waals surface area contributed by atoms with Crippen molar-refractivity contribution < 1.29 is 0 Å². The first-order valence-electron chi connectivity index (χ1n) is 5.63. The van der Waals surface area contributed by atoms with Gasteiger partial charge in [-0.25, -0.2) is 0 Å². The third-order valence-electron chi connectivity index (χ3n) is 3.51. The highest BCUT2D eigenvalue weighted by molar-refractivity contribution is 5.82. The van der Waals surface area contributed by atoms with Gasteiger partial charge in [-0.05, 0) is 25.0 Å². The van der Waals surface area contributed by atoms with Gasteiger partial charge in [0.1, 0.15) is 0 Å². The van der Waals surface area contributed by atoms with Crippen molar-refractivity contribution >= 4 is 10.9 Å². The third kappa shape index (κ3) is 1.45. The van der Waals surface area contributed by atoms with Crippen LogP contribution in [0.5, 0.6) is 0 Å². The molecule has 0 saturated carbocycles. The van der Waals surface area contributed by atoms with Crippen LogP contribution in [0.4, 0.5) is 0 Å². The SMILES string of the molecule is CC1CCN1Cc1c[nH]c2ccccc12. The molecule has 78 valence electrons. The number of benzene rings is 1. The van der Waals surface area contributed by atoms with E-state index in [0.29, 0.717) is 0 Å². The van der Waals surface area contributed by atoms with Gasteiger partial charge in [-0.1, -0.05) is 18.2 Å². The summed E-state index contributed by atoms with van der Waals surface area (Å²) in [5, 5.41) is 1.37. The number of aromatic amines is 1. The Kier molecular flexibility index (Phi) is 2.03. The van der Waals surface area contributed by atoms with Gasteiger partial charge in [-0.3, -0.25) is 4.90 Å². The normalized spacial score (nSPS) is 21.8. The predicted molar refractivity (Wildman–Crippen MR) is 62.8 cm³/mol. The standard InChI is InChI=1S/C13H16N2/c1-10-6-7-15(10)9-11-8-14-13-5-3-2-4-12(11)13/h2-5,8,10,14H,6-7,9H2,1H3. The van der Waals surface area contributed by atoms with Crippen LogP contribution in [0.15, 0.2) is 30.5 Å². The second-order valence-corrected chi connectivity index (χ2v) is 4.47. The third-order valence-corrected chi connectivity index (χ3v) is 3.51. The smallest absolute Gasteiger partial charge is 0.0457 e. The molecule has 0 bridgehead atoms. The molecule has 2 heterocycles. The molecule has 2 aromatic rings. The summed E-state index contributed by atoms with van der Waals surface area (Å²) in [5.41, 5.74) is 2.68. The Morgan fingerprint density at radius 3 is 3.00 bits per heavy atom. The monoisotopic (exact) mass is 200 g/mol. The van der Waals surface area contributed by atoms with E-state index >= 15 is 0 Å². The Bertz CT molecular complexity index is 472. The van der Waals surface area contributed by atoms with Crippen molar-refractivity contribution in [1.82, 2.24) is 9.88 Å². The Morgan fingerprint density at radius 2 is 2.27 bits per heavy atom. The van der Waals surface area contributed by atoms with E-state index in [1.807, 2.05) is 0 Å². The maximum Gasteiger partial charge on any atom is 0.0457 e. The van der Waals surface area contributed by atoms with E-state index in [1.165, 1.54) is 29.4 Å². The van der Waals surface area contributed by atoms with Crippen LogP contribution in [-0.4, -0.2) is 22.5 Å². The highest BCUT2D eigenvalue weighted by Crippen LogP contribution is 2.24. The first-order chi connectivity index (χ1) is 7.34. The average Bonchev–Trinajstić information content (AvgIpc) is 2.67. The summed E-state index contributed by atoms with van der Waals surface area (Å²) in [4.78, 5) is 5.85. The quantitative estimate of drug-likeness (QED) is 0.789. The molecular formula is C13H16N2. The summed E-state index contributed by atoms with van der Waals surface area (Å²) in [6.45, 7) is 4.64. The molecule has 1 atom stereocenters. The van der Waals surface area contributed by atoms with Crippen molar-refractivity contribution in [3.05, 3.63) is 36.0 Å². The molecule has 0 spiro atoms. The number of aromatic nitrogens is 1. The number of likely N-dealkylation sites (tertiary alicyclic amines) is 1. The van der Waals surface area contributed by atoms with E-state index in [-0.39, 0.29) is 0 Å². The highest BCUT2D eigenvalue weighted by Gasteiger charge is 2.23. The molecule has 1 aliphatic rings. The number of rotatable bonds is 2. The zero-order valence-corrected chi connectivity index (χ0v) is 9.03. The number of hydrogen-bond donors (Lipinski definition) is 1. The zero-order chi connectivity index (χ0) is 10.3. The molecule has 0 aliphatic carbocycles. The van der Waals surface area contributed by atoms with Crippen LogP contribution in [0.1, 0.15) is 18.9 Å². The topological polar surface area (TPSA) is 19.0 Å². The molecule has 2 nitrogen and oxygen atoms in total. The minimum Gasteiger partial charge on any atom is -0.361 e. The lowest BCUT2D eigenvalue weighted by atomic mass is 10.0. The molecule has 1 aliphatic heterocycles. The first kappa shape index (κ1) is 8.98. The number of fused-ring (bicyclic) bond motifs is 1. The predicted octanol–water partition coefficient (Wildman–Crippen LogP) is 2.76. The number of H-pyrrole nitrogens is 1. The van der Waals surface area contributed by atoms with E-state index < -0.39 is 0 Å².